The Bertz CT molecular complexity index is 496. The fraction of sp³-hybridized carbons (Fsp3) is 0.529. The smallest absolute Gasteiger partial charge is 0.223 e. The molecule has 0 spiro atoms. The van der Waals surface area contributed by atoms with Crippen molar-refractivity contribution in [3.63, 3.8) is 0 Å². The Kier molecular flexibility index (Phi) is 5.51. The molecule has 21 heavy (non-hydrogen) atoms. The highest BCUT2D eigenvalue weighted by Gasteiger charge is 2.23. The number of hydrogen-bond donors (Lipinski definition) is 1. The summed E-state index contributed by atoms with van der Waals surface area (Å²) in [5, 5.41) is 3.26. The highest BCUT2D eigenvalue weighted by atomic mass is 16.2. The van der Waals surface area contributed by atoms with E-state index in [-0.39, 0.29) is 17.7 Å². The van der Waals surface area contributed by atoms with E-state index in [0.717, 1.165) is 26.1 Å². The quantitative estimate of drug-likeness (QED) is 0.844. The number of piperazine rings is 1. The lowest BCUT2D eigenvalue weighted by Gasteiger charge is -2.34. The summed E-state index contributed by atoms with van der Waals surface area (Å²) < 4.78 is 0. The van der Waals surface area contributed by atoms with E-state index in [9.17, 15) is 9.59 Å². The number of carbonyl (C=O) groups is 2. The van der Waals surface area contributed by atoms with Gasteiger partial charge in [0.05, 0.1) is 0 Å². The van der Waals surface area contributed by atoms with Gasteiger partial charge in [-0.3, -0.25) is 9.59 Å². The van der Waals surface area contributed by atoms with Crippen LogP contribution in [0.3, 0.4) is 0 Å². The SMILES string of the molecule is CCc1ccc(C(=O)CCC(=O)N2CCNC[C@@H]2C)cc1. The molecule has 0 bridgehead atoms. The van der Waals surface area contributed by atoms with E-state index in [1.54, 1.807) is 0 Å². The van der Waals surface area contributed by atoms with Gasteiger partial charge in [-0.25, -0.2) is 0 Å². The first kappa shape index (κ1) is 15.7. The number of Topliss-reactive ketones (excluding diaryl/α,β-unsaturated/α-hetero) is 1. The topological polar surface area (TPSA) is 49.4 Å². The fourth-order valence-electron chi connectivity index (χ4n) is 2.65. The minimum atomic E-state index is 0.0498. The highest BCUT2D eigenvalue weighted by Crippen LogP contribution is 2.11. The Labute approximate surface area is 126 Å². The van der Waals surface area contributed by atoms with Gasteiger partial charge in [0.2, 0.25) is 5.91 Å². The summed E-state index contributed by atoms with van der Waals surface area (Å²) in [4.78, 5) is 26.2. The summed E-state index contributed by atoms with van der Waals surface area (Å²) in [5.41, 5.74) is 1.92. The van der Waals surface area contributed by atoms with Crippen molar-refractivity contribution >= 4 is 11.7 Å². The zero-order chi connectivity index (χ0) is 15.2. The number of rotatable bonds is 5. The zero-order valence-corrected chi connectivity index (χ0v) is 12.9. The number of aryl methyl sites for hydroxylation is 1. The number of nitrogens with one attached hydrogen (secondary N) is 1. The summed E-state index contributed by atoms with van der Waals surface area (Å²) in [6, 6.07) is 7.89. The lowest BCUT2D eigenvalue weighted by Crippen LogP contribution is -2.52. The molecule has 4 nitrogen and oxygen atoms in total. The maximum Gasteiger partial charge on any atom is 0.223 e. The number of ketones is 1. The number of benzene rings is 1. The van der Waals surface area contributed by atoms with Crippen LogP contribution in [0.25, 0.3) is 0 Å². The summed E-state index contributed by atoms with van der Waals surface area (Å²) in [5.74, 6) is 0.135. The van der Waals surface area contributed by atoms with Gasteiger partial charge in [-0.1, -0.05) is 31.2 Å². The standard InChI is InChI=1S/C17H24N2O2/c1-3-14-4-6-15(7-5-14)16(20)8-9-17(21)19-11-10-18-12-13(19)2/h4-7,13,18H,3,8-12H2,1-2H3/t13-/m0/s1. The normalized spacial score (nSPS) is 18.6. The van der Waals surface area contributed by atoms with E-state index in [1.165, 1.54) is 5.56 Å². The van der Waals surface area contributed by atoms with Crippen LogP contribution < -0.4 is 5.32 Å². The van der Waals surface area contributed by atoms with Gasteiger partial charge >= 0.3 is 0 Å². The van der Waals surface area contributed by atoms with Crippen LogP contribution in [-0.4, -0.2) is 42.3 Å². The molecule has 1 aliphatic heterocycles. The molecule has 1 aliphatic rings. The third-order valence-electron chi connectivity index (χ3n) is 4.07. The average molecular weight is 288 g/mol. The minimum absolute atomic E-state index is 0.0498. The predicted molar refractivity (Wildman–Crippen MR) is 83.4 cm³/mol. The molecule has 2 rings (SSSR count). The predicted octanol–water partition coefficient (Wildman–Crippen LogP) is 2.03. The summed E-state index contributed by atoms with van der Waals surface area (Å²) >= 11 is 0. The first-order valence-electron chi connectivity index (χ1n) is 7.74. The number of nitrogens with zero attached hydrogens (tertiary/aromatic N) is 1. The van der Waals surface area contributed by atoms with E-state index in [2.05, 4.69) is 12.2 Å². The third kappa shape index (κ3) is 4.14. The van der Waals surface area contributed by atoms with Crippen LogP contribution in [0.2, 0.25) is 0 Å². The molecule has 0 aromatic heterocycles. The van der Waals surface area contributed by atoms with Crippen LogP contribution >= 0.6 is 0 Å². The largest absolute Gasteiger partial charge is 0.337 e. The highest BCUT2D eigenvalue weighted by molar-refractivity contribution is 5.98. The summed E-state index contributed by atoms with van der Waals surface area (Å²) in [7, 11) is 0. The van der Waals surface area contributed by atoms with Gasteiger partial charge in [-0.2, -0.15) is 0 Å². The van der Waals surface area contributed by atoms with Gasteiger partial charge in [-0.15, -0.1) is 0 Å². The molecule has 0 saturated carbocycles. The number of hydrogen-bond acceptors (Lipinski definition) is 3. The van der Waals surface area contributed by atoms with Crippen molar-refractivity contribution in [2.75, 3.05) is 19.6 Å². The van der Waals surface area contributed by atoms with Crippen molar-refractivity contribution in [2.45, 2.75) is 39.2 Å². The maximum absolute atomic E-state index is 12.2. The monoisotopic (exact) mass is 288 g/mol. The molecular weight excluding hydrogens is 264 g/mol. The molecule has 1 fully saturated rings. The van der Waals surface area contributed by atoms with Crippen LogP contribution in [0.1, 0.15) is 42.6 Å². The Morgan fingerprint density at radius 1 is 1.24 bits per heavy atom. The van der Waals surface area contributed by atoms with Gasteiger partial charge in [-0.05, 0) is 18.9 Å². The molecule has 4 heteroatoms. The molecular formula is C17H24N2O2. The molecule has 0 unspecified atom stereocenters. The van der Waals surface area contributed by atoms with Crippen LogP contribution in [0, 0.1) is 0 Å². The maximum atomic E-state index is 12.2. The van der Waals surface area contributed by atoms with E-state index >= 15 is 0 Å². The van der Waals surface area contributed by atoms with Crippen LogP contribution in [-0.2, 0) is 11.2 Å². The molecule has 1 heterocycles. The third-order valence-corrected chi connectivity index (χ3v) is 4.07. The van der Waals surface area contributed by atoms with Crippen molar-refractivity contribution in [3.05, 3.63) is 35.4 Å². The molecule has 1 saturated heterocycles. The van der Waals surface area contributed by atoms with E-state index in [1.807, 2.05) is 36.1 Å². The number of carbonyl (C=O) groups excluding carboxylic acids is 2. The van der Waals surface area contributed by atoms with Crippen molar-refractivity contribution in [2.24, 2.45) is 0 Å². The Morgan fingerprint density at radius 2 is 1.95 bits per heavy atom. The van der Waals surface area contributed by atoms with Gasteiger partial charge in [0.25, 0.3) is 0 Å². The molecule has 1 N–H and O–H groups in total. The summed E-state index contributed by atoms with van der Waals surface area (Å²) in [6.07, 6.45) is 1.56. The Balaban J connectivity index is 1.86. The second-order valence-electron chi connectivity index (χ2n) is 5.61. The molecule has 1 aromatic carbocycles. The second kappa shape index (κ2) is 7.36. The fourth-order valence-corrected chi connectivity index (χ4v) is 2.65. The minimum Gasteiger partial charge on any atom is -0.337 e. The Hall–Kier alpha value is -1.68. The van der Waals surface area contributed by atoms with Gasteiger partial charge in [0.15, 0.2) is 5.78 Å². The van der Waals surface area contributed by atoms with E-state index in [0.29, 0.717) is 18.4 Å². The van der Waals surface area contributed by atoms with Crippen LogP contribution in [0.15, 0.2) is 24.3 Å². The number of amides is 1. The first-order chi connectivity index (χ1) is 10.1. The summed E-state index contributed by atoms with van der Waals surface area (Å²) in [6.45, 7) is 6.53. The van der Waals surface area contributed by atoms with Gasteiger partial charge in [0, 0.05) is 44.1 Å². The van der Waals surface area contributed by atoms with Gasteiger partial charge < -0.3 is 10.2 Å². The van der Waals surface area contributed by atoms with Crippen molar-refractivity contribution in [1.82, 2.24) is 10.2 Å². The van der Waals surface area contributed by atoms with Crippen molar-refractivity contribution in [3.8, 4) is 0 Å². The van der Waals surface area contributed by atoms with Crippen LogP contribution in [0.4, 0.5) is 0 Å². The molecule has 1 aromatic rings. The average Bonchev–Trinajstić information content (AvgIpc) is 2.52. The Morgan fingerprint density at radius 3 is 2.57 bits per heavy atom. The van der Waals surface area contributed by atoms with Crippen LogP contribution in [0.5, 0.6) is 0 Å². The molecule has 0 aliphatic carbocycles. The zero-order valence-electron chi connectivity index (χ0n) is 12.9. The second-order valence-corrected chi connectivity index (χ2v) is 5.61. The van der Waals surface area contributed by atoms with Crippen molar-refractivity contribution < 1.29 is 9.59 Å². The molecule has 1 amide bonds. The molecule has 1 atom stereocenters. The molecule has 114 valence electrons. The van der Waals surface area contributed by atoms with Gasteiger partial charge in [0.1, 0.15) is 0 Å². The van der Waals surface area contributed by atoms with E-state index < -0.39 is 0 Å². The van der Waals surface area contributed by atoms with Crippen molar-refractivity contribution in [1.29, 1.82) is 0 Å². The lowest BCUT2D eigenvalue weighted by atomic mass is 10.0. The molecule has 0 radical (unpaired) electrons. The van der Waals surface area contributed by atoms with E-state index in [4.69, 9.17) is 0 Å². The first-order valence-corrected chi connectivity index (χ1v) is 7.74. The lowest BCUT2D eigenvalue weighted by molar-refractivity contribution is -0.133.